The average molecular weight is 530 g/mol. The van der Waals surface area contributed by atoms with Crippen molar-refractivity contribution in [2.75, 3.05) is 23.8 Å². The van der Waals surface area contributed by atoms with Crippen molar-refractivity contribution in [2.45, 2.75) is 20.8 Å². The number of hydrogen-bond donors (Lipinski definition) is 2. The molecule has 3 aromatic carbocycles. The third-order valence-electron chi connectivity index (χ3n) is 5.83. The summed E-state index contributed by atoms with van der Waals surface area (Å²) < 4.78 is 5.62. The number of hydrogen-bond acceptors (Lipinski definition) is 6. The standard InChI is InChI=1S/C29H27N3O5S/c1-18-7-10-22(11-8-18)30-26(33)16-32-28(35)25(38-29(32)36)15-21-5-4-6-24(14-21)37-17-27(34)31-23-12-9-19(2)20(3)13-23/h4-15H,16-17H2,1-3H3,(H,30,33)(H,31,34)/b25-15-. The molecule has 0 aliphatic carbocycles. The number of nitrogens with zero attached hydrogens (tertiary/aromatic N) is 1. The Labute approximate surface area is 225 Å². The van der Waals surface area contributed by atoms with Gasteiger partial charge in [0.25, 0.3) is 17.1 Å². The van der Waals surface area contributed by atoms with E-state index in [-0.39, 0.29) is 24.0 Å². The third kappa shape index (κ3) is 6.89. The molecule has 0 spiro atoms. The molecule has 0 unspecified atom stereocenters. The fourth-order valence-corrected chi connectivity index (χ4v) is 4.47. The zero-order valence-electron chi connectivity index (χ0n) is 21.2. The van der Waals surface area contributed by atoms with Gasteiger partial charge in [-0.25, -0.2) is 0 Å². The SMILES string of the molecule is Cc1ccc(NC(=O)CN2C(=O)S/C(=C\c3cccc(OCC(=O)Nc4ccc(C)c(C)c4)c3)C2=O)cc1. The summed E-state index contributed by atoms with van der Waals surface area (Å²) in [5.74, 6) is -0.876. The van der Waals surface area contributed by atoms with Crippen molar-refractivity contribution < 1.29 is 23.9 Å². The van der Waals surface area contributed by atoms with E-state index in [1.807, 2.05) is 51.1 Å². The van der Waals surface area contributed by atoms with E-state index in [0.717, 1.165) is 33.4 Å². The van der Waals surface area contributed by atoms with Gasteiger partial charge in [0.2, 0.25) is 5.91 Å². The molecule has 9 heteroatoms. The minimum Gasteiger partial charge on any atom is -0.484 e. The van der Waals surface area contributed by atoms with E-state index in [2.05, 4.69) is 10.6 Å². The predicted molar refractivity (Wildman–Crippen MR) is 149 cm³/mol. The Kier molecular flexibility index (Phi) is 8.28. The Hall–Kier alpha value is -4.37. The molecule has 1 aliphatic heterocycles. The number of nitrogens with one attached hydrogen (secondary N) is 2. The maximum atomic E-state index is 12.8. The first kappa shape index (κ1) is 26.7. The molecule has 0 aromatic heterocycles. The average Bonchev–Trinajstić information content (AvgIpc) is 3.14. The first-order valence-corrected chi connectivity index (χ1v) is 12.7. The van der Waals surface area contributed by atoms with E-state index in [1.165, 1.54) is 0 Å². The monoisotopic (exact) mass is 529 g/mol. The van der Waals surface area contributed by atoms with Gasteiger partial charge in [0.05, 0.1) is 4.91 Å². The number of aryl methyl sites for hydroxylation is 3. The van der Waals surface area contributed by atoms with Crippen LogP contribution in [0.3, 0.4) is 0 Å². The van der Waals surface area contributed by atoms with Gasteiger partial charge in [0.1, 0.15) is 12.3 Å². The Morgan fingerprint density at radius 3 is 2.32 bits per heavy atom. The van der Waals surface area contributed by atoms with Gasteiger partial charge < -0.3 is 15.4 Å². The van der Waals surface area contributed by atoms with Crippen LogP contribution in [0, 0.1) is 20.8 Å². The number of ether oxygens (including phenoxy) is 1. The molecule has 2 N–H and O–H groups in total. The van der Waals surface area contributed by atoms with Gasteiger partial charge in [-0.3, -0.25) is 24.1 Å². The molecular formula is C29H27N3O5S. The fourth-order valence-electron chi connectivity index (χ4n) is 3.63. The van der Waals surface area contributed by atoms with Gasteiger partial charge in [-0.15, -0.1) is 0 Å². The van der Waals surface area contributed by atoms with Crippen LogP contribution in [0.2, 0.25) is 0 Å². The highest BCUT2D eigenvalue weighted by molar-refractivity contribution is 8.18. The summed E-state index contributed by atoms with van der Waals surface area (Å²) in [4.78, 5) is 51.1. The summed E-state index contributed by atoms with van der Waals surface area (Å²) >= 11 is 0.768. The lowest BCUT2D eigenvalue weighted by Crippen LogP contribution is -2.36. The van der Waals surface area contributed by atoms with Crippen LogP contribution in [-0.4, -0.2) is 41.0 Å². The number of carbonyl (C=O) groups excluding carboxylic acids is 4. The summed E-state index contributed by atoms with van der Waals surface area (Å²) in [5, 5.41) is 4.97. The summed E-state index contributed by atoms with van der Waals surface area (Å²) in [5.41, 5.74) is 5.16. The number of thioether (sulfide) groups is 1. The minimum atomic E-state index is -0.543. The van der Waals surface area contributed by atoms with Gasteiger partial charge in [0, 0.05) is 11.4 Å². The van der Waals surface area contributed by atoms with Crippen molar-refractivity contribution in [1.82, 2.24) is 4.90 Å². The van der Waals surface area contributed by atoms with E-state index in [1.54, 1.807) is 42.5 Å². The molecule has 4 rings (SSSR count). The molecule has 4 amide bonds. The van der Waals surface area contributed by atoms with Crippen LogP contribution in [0.5, 0.6) is 5.75 Å². The lowest BCUT2D eigenvalue weighted by Gasteiger charge is -2.12. The van der Waals surface area contributed by atoms with Gasteiger partial charge in [-0.05, 0) is 91.7 Å². The number of rotatable bonds is 8. The molecule has 1 saturated heterocycles. The Morgan fingerprint density at radius 2 is 1.58 bits per heavy atom. The second-order valence-corrected chi connectivity index (χ2v) is 9.88. The molecule has 1 aliphatic rings. The number of amides is 4. The highest BCUT2D eigenvalue weighted by atomic mass is 32.2. The van der Waals surface area contributed by atoms with Gasteiger partial charge >= 0.3 is 0 Å². The lowest BCUT2D eigenvalue weighted by molar-refractivity contribution is -0.127. The molecule has 194 valence electrons. The third-order valence-corrected chi connectivity index (χ3v) is 6.73. The molecule has 0 radical (unpaired) electrons. The largest absolute Gasteiger partial charge is 0.484 e. The van der Waals surface area contributed by atoms with Crippen LogP contribution >= 0.6 is 11.8 Å². The molecule has 8 nitrogen and oxygen atoms in total. The van der Waals surface area contributed by atoms with Crippen molar-refractivity contribution in [3.63, 3.8) is 0 Å². The zero-order valence-corrected chi connectivity index (χ0v) is 22.1. The number of benzene rings is 3. The van der Waals surface area contributed by atoms with Crippen LogP contribution in [0.1, 0.15) is 22.3 Å². The smallest absolute Gasteiger partial charge is 0.294 e. The van der Waals surface area contributed by atoms with E-state index in [9.17, 15) is 19.2 Å². The molecule has 3 aromatic rings. The molecular weight excluding hydrogens is 502 g/mol. The first-order valence-electron chi connectivity index (χ1n) is 11.9. The lowest BCUT2D eigenvalue weighted by atomic mass is 10.1. The number of carbonyl (C=O) groups is 4. The number of imide groups is 1. The van der Waals surface area contributed by atoms with Crippen LogP contribution in [-0.2, 0) is 14.4 Å². The van der Waals surface area contributed by atoms with Crippen LogP contribution in [0.25, 0.3) is 6.08 Å². The van der Waals surface area contributed by atoms with Crippen molar-refractivity contribution in [2.24, 2.45) is 0 Å². The van der Waals surface area contributed by atoms with E-state index >= 15 is 0 Å². The molecule has 38 heavy (non-hydrogen) atoms. The topological polar surface area (TPSA) is 105 Å². The van der Waals surface area contributed by atoms with Crippen LogP contribution in [0.4, 0.5) is 16.2 Å². The normalized spacial score (nSPS) is 14.1. The minimum absolute atomic E-state index is 0.191. The second-order valence-electron chi connectivity index (χ2n) is 8.89. The number of anilines is 2. The molecule has 1 fully saturated rings. The second kappa shape index (κ2) is 11.8. The molecule has 0 bridgehead atoms. The zero-order chi connectivity index (χ0) is 27.2. The van der Waals surface area contributed by atoms with Gasteiger partial charge in [-0.1, -0.05) is 35.9 Å². The highest BCUT2D eigenvalue weighted by Crippen LogP contribution is 2.32. The predicted octanol–water partition coefficient (Wildman–Crippen LogP) is 5.30. The quantitative estimate of drug-likeness (QED) is 0.384. The summed E-state index contributed by atoms with van der Waals surface area (Å²) in [6.45, 7) is 5.34. The van der Waals surface area contributed by atoms with Crippen molar-refractivity contribution in [1.29, 1.82) is 0 Å². The molecule has 0 saturated carbocycles. The van der Waals surface area contributed by atoms with E-state index in [0.29, 0.717) is 22.7 Å². The maximum absolute atomic E-state index is 12.8. The fraction of sp³-hybridized carbons (Fsp3) is 0.172. The van der Waals surface area contributed by atoms with Gasteiger partial charge in [-0.2, -0.15) is 0 Å². The Bertz CT molecular complexity index is 1430. The maximum Gasteiger partial charge on any atom is 0.294 e. The highest BCUT2D eigenvalue weighted by Gasteiger charge is 2.36. The summed E-state index contributed by atoms with van der Waals surface area (Å²) in [6.07, 6.45) is 1.56. The van der Waals surface area contributed by atoms with Crippen molar-refractivity contribution in [3.8, 4) is 5.75 Å². The van der Waals surface area contributed by atoms with Crippen LogP contribution < -0.4 is 15.4 Å². The summed E-state index contributed by atoms with van der Waals surface area (Å²) in [6, 6.07) is 19.7. The Morgan fingerprint density at radius 1 is 0.868 bits per heavy atom. The van der Waals surface area contributed by atoms with Crippen molar-refractivity contribution in [3.05, 3.63) is 93.9 Å². The van der Waals surface area contributed by atoms with E-state index < -0.39 is 17.1 Å². The Balaban J connectivity index is 1.34. The molecule has 1 heterocycles. The van der Waals surface area contributed by atoms with E-state index in [4.69, 9.17) is 4.74 Å². The summed E-state index contributed by atoms with van der Waals surface area (Å²) in [7, 11) is 0. The first-order chi connectivity index (χ1) is 18.2. The molecule has 0 atom stereocenters. The van der Waals surface area contributed by atoms with Gasteiger partial charge in [0.15, 0.2) is 6.61 Å². The van der Waals surface area contributed by atoms with Crippen molar-refractivity contribution >= 4 is 52.2 Å². The van der Waals surface area contributed by atoms with Crippen LogP contribution in [0.15, 0.2) is 71.6 Å².